The number of hydrogen-bond donors (Lipinski definition) is 1. The molecule has 0 spiro atoms. The minimum Gasteiger partial charge on any atom is -0.355 e. The molecule has 0 aromatic carbocycles. The van der Waals surface area contributed by atoms with Gasteiger partial charge in [-0.1, -0.05) is 0 Å². The van der Waals surface area contributed by atoms with Gasteiger partial charge in [0.25, 0.3) is 11.7 Å². The second kappa shape index (κ2) is 6.76. The number of rotatable bonds is 4. The van der Waals surface area contributed by atoms with E-state index in [-0.39, 0.29) is 12.4 Å². The first kappa shape index (κ1) is 17.5. The standard InChI is InChI=1S/C18H20N10O/c1-11-9-12(2)27-18(20-11)21-16(25-27)17(29)19-10-15-23-22-13-5-6-14(24-28(13)15)26-7-3-4-8-26/h5-6,9H,3-4,7-8,10H2,1-2H3,(H,19,29). The van der Waals surface area contributed by atoms with Crippen LogP contribution < -0.4 is 10.2 Å². The molecule has 5 rings (SSSR count). The third kappa shape index (κ3) is 3.13. The fourth-order valence-electron chi connectivity index (χ4n) is 3.55. The minimum absolute atomic E-state index is 0.0609. The molecular weight excluding hydrogens is 372 g/mol. The van der Waals surface area contributed by atoms with Crippen molar-refractivity contribution < 1.29 is 4.79 Å². The van der Waals surface area contributed by atoms with Crippen molar-refractivity contribution in [3.8, 4) is 0 Å². The zero-order valence-electron chi connectivity index (χ0n) is 16.2. The van der Waals surface area contributed by atoms with Crippen molar-refractivity contribution in [2.24, 2.45) is 0 Å². The molecule has 11 heteroatoms. The zero-order valence-corrected chi connectivity index (χ0v) is 16.2. The Hall–Kier alpha value is -3.63. The summed E-state index contributed by atoms with van der Waals surface area (Å²) in [7, 11) is 0. The first-order valence-electron chi connectivity index (χ1n) is 9.54. The third-order valence-electron chi connectivity index (χ3n) is 4.97. The van der Waals surface area contributed by atoms with E-state index in [0.717, 1.165) is 30.3 Å². The van der Waals surface area contributed by atoms with Crippen LogP contribution in [0.5, 0.6) is 0 Å². The smallest absolute Gasteiger partial charge is 0.291 e. The summed E-state index contributed by atoms with van der Waals surface area (Å²) in [5.74, 6) is 1.49. The molecule has 1 N–H and O–H groups in total. The van der Waals surface area contributed by atoms with Gasteiger partial charge in [-0.2, -0.15) is 9.50 Å². The maximum atomic E-state index is 12.6. The van der Waals surface area contributed by atoms with E-state index in [1.807, 2.05) is 32.0 Å². The Labute approximate surface area is 165 Å². The van der Waals surface area contributed by atoms with Crippen LogP contribution in [-0.2, 0) is 6.54 Å². The number of aryl methyl sites for hydroxylation is 2. The third-order valence-corrected chi connectivity index (χ3v) is 4.97. The molecule has 1 aliphatic rings. The number of nitrogens with one attached hydrogen (secondary N) is 1. The van der Waals surface area contributed by atoms with Crippen molar-refractivity contribution in [3.05, 3.63) is 41.2 Å². The number of fused-ring (bicyclic) bond motifs is 2. The Kier molecular flexibility index (Phi) is 4.07. The average Bonchev–Trinajstić information content (AvgIpc) is 3.44. The molecule has 4 aromatic rings. The Morgan fingerprint density at radius 1 is 1.07 bits per heavy atom. The van der Waals surface area contributed by atoms with Gasteiger partial charge in [0.2, 0.25) is 5.82 Å². The first-order valence-corrected chi connectivity index (χ1v) is 9.54. The summed E-state index contributed by atoms with van der Waals surface area (Å²) in [6.07, 6.45) is 2.34. The van der Waals surface area contributed by atoms with Crippen LogP contribution in [0.2, 0.25) is 0 Å². The molecule has 11 nitrogen and oxygen atoms in total. The number of aromatic nitrogens is 8. The van der Waals surface area contributed by atoms with Gasteiger partial charge in [-0.25, -0.2) is 9.50 Å². The molecule has 29 heavy (non-hydrogen) atoms. The number of carbonyl (C=O) groups is 1. The zero-order chi connectivity index (χ0) is 20.0. The Balaban J connectivity index is 1.36. The summed E-state index contributed by atoms with van der Waals surface area (Å²) >= 11 is 0. The molecule has 5 heterocycles. The number of nitrogens with zero attached hydrogens (tertiary/aromatic N) is 9. The predicted molar refractivity (Wildman–Crippen MR) is 104 cm³/mol. The number of carbonyl (C=O) groups excluding carboxylic acids is 1. The van der Waals surface area contributed by atoms with Gasteiger partial charge in [-0.15, -0.1) is 20.4 Å². The number of amides is 1. The van der Waals surface area contributed by atoms with Crippen LogP contribution in [0.15, 0.2) is 18.2 Å². The van der Waals surface area contributed by atoms with Crippen molar-refractivity contribution in [2.75, 3.05) is 18.0 Å². The largest absolute Gasteiger partial charge is 0.355 e. The molecular formula is C18H20N10O. The second-order valence-electron chi connectivity index (χ2n) is 7.14. The Morgan fingerprint density at radius 3 is 2.72 bits per heavy atom. The SMILES string of the molecule is Cc1cc(C)n2nc(C(=O)NCc3nnc4ccc(N5CCCC5)nn34)nc2n1. The van der Waals surface area contributed by atoms with E-state index in [4.69, 9.17) is 0 Å². The lowest BCUT2D eigenvalue weighted by Gasteiger charge is -2.15. The van der Waals surface area contributed by atoms with E-state index in [1.54, 1.807) is 9.03 Å². The Bertz CT molecular complexity index is 1220. The predicted octanol–water partition coefficient (Wildman–Crippen LogP) is 0.709. The van der Waals surface area contributed by atoms with Gasteiger partial charge in [0.05, 0.1) is 6.54 Å². The summed E-state index contributed by atoms with van der Waals surface area (Å²) in [4.78, 5) is 23.3. The summed E-state index contributed by atoms with van der Waals surface area (Å²) < 4.78 is 3.22. The van der Waals surface area contributed by atoms with E-state index in [2.05, 4.69) is 40.6 Å². The van der Waals surface area contributed by atoms with Crippen molar-refractivity contribution in [1.29, 1.82) is 0 Å². The Morgan fingerprint density at radius 2 is 1.90 bits per heavy atom. The van der Waals surface area contributed by atoms with Gasteiger partial charge in [0, 0.05) is 24.5 Å². The highest BCUT2D eigenvalue weighted by Crippen LogP contribution is 2.18. The molecule has 1 aliphatic heterocycles. The molecule has 0 unspecified atom stereocenters. The summed E-state index contributed by atoms with van der Waals surface area (Å²) in [5, 5.41) is 20.0. The summed E-state index contributed by atoms with van der Waals surface area (Å²) in [6.45, 7) is 5.93. The molecule has 1 saturated heterocycles. The lowest BCUT2D eigenvalue weighted by atomic mass is 10.4. The molecule has 1 amide bonds. The van der Waals surface area contributed by atoms with Gasteiger partial charge in [-0.3, -0.25) is 4.79 Å². The van der Waals surface area contributed by atoms with Crippen LogP contribution in [0.3, 0.4) is 0 Å². The highest BCUT2D eigenvalue weighted by molar-refractivity contribution is 5.90. The van der Waals surface area contributed by atoms with Crippen LogP contribution in [0, 0.1) is 13.8 Å². The van der Waals surface area contributed by atoms with E-state index in [1.165, 1.54) is 12.8 Å². The topological polar surface area (TPSA) is 118 Å². The van der Waals surface area contributed by atoms with Crippen LogP contribution in [-0.4, -0.2) is 58.4 Å². The van der Waals surface area contributed by atoms with E-state index in [9.17, 15) is 4.79 Å². The van der Waals surface area contributed by atoms with E-state index in [0.29, 0.717) is 17.2 Å². The van der Waals surface area contributed by atoms with E-state index < -0.39 is 5.91 Å². The van der Waals surface area contributed by atoms with Crippen molar-refractivity contribution in [1.82, 2.24) is 44.7 Å². The lowest BCUT2D eigenvalue weighted by Crippen LogP contribution is -2.26. The fourth-order valence-corrected chi connectivity index (χ4v) is 3.55. The van der Waals surface area contributed by atoms with Gasteiger partial charge >= 0.3 is 0 Å². The van der Waals surface area contributed by atoms with E-state index >= 15 is 0 Å². The van der Waals surface area contributed by atoms with Gasteiger partial charge in [0.1, 0.15) is 5.82 Å². The van der Waals surface area contributed by atoms with Crippen LogP contribution in [0.4, 0.5) is 5.82 Å². The highest BCUT2D eigenvalue weighted by atomic mass is 16.2. The molecule has 0 radical (unpaired) electrons. The average molecular weight is 392 g/mol. The van der Waals surface area contributed by atoms with Crippen molar-refractivity contribution in [3.63, 3.8) is 0 Å². The molecule has 0 atom stereocenters. The summed E-state index contributed by atoms with van der Waals surface area (Å²) in [5.41, 5.74) is 2.32. The minimum atomic E-state index is -0.403. The van der Waals surface area contributed by atoms with Crippen molar-refractivity contribution >= 4 is 23.1 Å². The van der Waals surface area contributed by atoms with Gasteiger partial charge < -0.3 is 10.2 Å². The molecule has 1 fully saturated rings. The molecule has 0 saturated carbocycles. The molecule has 4 aromatic heterocycles. The van der Waals surface area contributed by atoms with Gasteiger partial charge in [0.15, 0.2) is 11.5 Å². The monoisotopic (exact) mass is 392 g/mol. The first-order chi connectivity index (χ1) is 14.1. The van der Waals surface area contributed by atoms with Gasteiger partial charge in [-0.05, 0) is 44.9 Å². The second-order valence-corrected chi connectivity index (χ2v) is 7.14. The number of hydrogen-bond acceptors (Lipinski definition) is 8. The molecule has 148 valence electrons. The quantitative estimate of drug-likeness (QED) is 0.539. The van der Waals surface area contributed by atoms with Crippen molar-refractivity contribution in [2.45, 2.75) is 33.2 Å². The van der Waals surface area contributed by atoms with Crippen LogP contribution in [0.25, 0.3) is 11.4 Å². The molecule has 0 aliphatic carbocycles. The highest BCUT2D eigenvalue weighted by Gasteiger charge is 2.18. The fraction of sp³-hybridized carbons (Fsp3) is 0.389. The summed E-state index contributed by atoms with van der Waals surface area (Å²) in [6, 6.07) is 5.73. The van der Waals surface area contributed by atoms with Crippen LogP contribution in [0.1, 0.15) is 40.7 Å². The maximum Gasteiger partial charge on any atom is 0.291 e. The normalized spacial score (nSPS) is 14.2. The lowest BCUT2D eigenvalue weighted by molar-refractivity contribution is 0.0939. The van der Waals surface area contributed by atoms with Crippen LogP contribution >= 0.6 is 0 Å². The maximum absolute atomic E-state index is 12.6. The number of anilines is 1. The molecule has 0 bridgehead atoms.